The highest BCUT2D eigenvalue weighted by atomic mass is 16.5. The molecule has 1 aromatic rings. The van der Waals surface area contributed by atoms with Crippen molar-refractivity contribution in [3.05, 3.63) is 30.3 Å². The first-order valence-corrected chi connectivity index (χ1v) is 8.02. The maximum atomic E-state index is 5.47. The molecule has 1 atom stereocenters. The Bertz CT molecular complexity index is 389. The second kappa shape index (κ2) is 7.09. The minimum absolute atomic E-state index is 0.809. The van der Waals surface area contributed by atoms with E-state index in [4.69, 9.17) is 4.74 Å². The molecule has 2 aliphatic heterocycles. The van der Waals surface area contributed by atoms with Gasteiger partial charge in [0.15, 0.2) is 0 Å². The minimum atomic E-state index is 0.809. The van der Waals surface area contributed by atoms with Crippen molar-refractivity contribution in [2.24, 2.45) is 5.92 Å². The topological polar surface area (TPSA) is 15.7 Å². The van der Waals surface area contributed by atoms with E-state index < -0.39 is 0 Å². The molecule has 20 heavy (non-hydrogen) atoms. The Labute approximate surface area is 122 Å². The monoisotopic (exact) mass is 274 g/mol. The first-order valence-electron chi connectivity index (χ1n) is 8.02. The first kappa shape index (κ1) is 13.9. The smallest absolute Gasteiger partial charge is 0.0495 e. The van der Waals surface area contributed by atoms with Crippen LogP contribution in [0.2, 0.25) is 0 Å². The van der Waals surface area contributed by atoms with E-state index in [1.165, 1.54) is 51.1 Å². The van der Waals surface area contributed by atoms with Crippen LogP contribution in [0.5, 0.6) is 0 Å². The lowest BCUT2D eigenvalue weighted by Crippen LogP contribution is -2.32. The zero-order valence-corrected chi connectivity index (χ0v) is 12.3. The second-order valence-electron chi connectivity index (χ2n) is 6.04. The van der Waals surface area contributed by atoms with Crippen LogP contribution in [-0.4, -0.2) is 50.8 Å². The number of rotatable bonds is 4. The maximum Gasteiger partial charge on any atom is 0.0495 e. The molecule has 0 aromatic heterocycles. The van der Waals surface area contributed by atoms with Gasteiger partial charge in [-0.1, -0.05) is 18.2 Å². The Morgan fingerprint density at radius 2 is 1.95 bits per heavy atom. The molecular weight excluding hydrogens is 248 g/mol. The van der Waals surface area contributed by atoms with Crippen LogP contribution in [-0.2, 0) is 4.74 Å². The third-order valence-corrected chi connectivity index (χ3v) is 4.59. The lowest BCUT2D eigenvalue weighted by Gasteiger charge is -2.24. The number of para-hydroxylation sites is 1. The summed E-state index contributed by atoms with van der Waals surface area (Å²) in [5.74, 6) is 0.809. The molecule has 2 aliphatic rings. The molecule has 3 heteroatoms. The highest BCUT2D eigenvalue weighted by Crippen LogP contribution is 2.19. The van der Waals surface area contributed by atoms with E-state index in [0.717, 1.165) is 25.7 Å². The molecule has 2 heterocycles. The molecule has 2 saturated heterocycles. The lowest BCUT2D eigenvalue weighted by atomic mass is 10.1. The van der Waals surface area contributed by atoms with Gasteiger partial charge in [-0.2, -0.15) is 0 Å². The summed E-state index contributed by atoms with van der Waals surface area (Å²) in [4.78, 5) is 5.17. The van der Waals surface area contributed by atoms with Gasteiger partial charge in [-0.05, 0) is 50.4 Å². The highest BCUT2D eigenvalue weighted by Gasteiger charge is 2.19. The summed E-state index contributed by atoms with van der Waals surface area (Å²) in [5.41, 5.74) is 1.37. The molecule has 0 saturated carbocycles. The SMILES string of the molecule is c1ccc(N2CCCN(CC[C@@H]3CCOC3)CC2)cc1. The van der Waals surface area contributed by atoms with Crippen LogP contribution in [0.15, 0.2) is 30.3 Å². The van der Waals surface area contributed by atoms with Gasteiger partial charge in [-0.25, -0.2) is 0 Å². The molecule has 0 radical (unpaired) electrons. The van der Waals surface area contributed by atoms with Crippen molar-refractivity contribution >= 4 is 5.69 Å². The first-order chi connectivity index (χ1) is 9.92. The number of benzene rings is 1. The summed E-state index contributed by atoms with van der Waals surface area (Å²) in [6, 6.07) is 10.8. The molecule has 0 N–H and O–H groups in total. The molecule has 0 bridgehead atoms. The number of hydrogen-bond donors (Lipinski definition) is 0. The van der Waals surface area contributed by atoms with E-state index in [2.05, 4.69) is 40.1 Å². The number of ether oxygens (including phenoxy) is 1. The molecule has 3 nitrogen and oxygen atoms in total. The van der Waals surface area contributed by atoms with Crippen molar-refractivity contribution < 1.29 is 4.74 Å². The Morgan fingerprint density at radius 1 is 1.05 bits per heavy atom. The van der Waals surface area contributed by atoms with Crippen LogP contribution in [0, 0.1) is 5.92 Å². The molecule has 0 spiro atoms. The van der Waals surface area contributed by atoms with Gasteiger partial charge in [0.2, 0.25) is 0 Å². The van der Waals surface area contributed by atoms with Crippen LogP contribution < -0.4 is 4.90 Å². The molecule has 3 rings (SSSR count). The van der Waals surface area contributed by atoms with Crippen molar-refractivity contribution in [2.75, 3.05) is 50.8 Å². The van der Waals surface area contributed by atoms with Crippen LogP contribution in [0.3, 0.4) is 0 Å². The van der Waals surface area contributed by atoms with Crippen LogP contribution in [0.1, 0.15) is 19.3 Å². The zero-order valence-electron chi connectivity index (χ0n) is 12.3. The fourth-order valence-corrected chi connectivity index (χ4v) is 3.27. The predicted octanol–water partition coefficient (Wildman–Crippen LogP) is 2.63. The molecule has 1 aromatic carbocycles. The van der Waals surface area contributed by atoms with Gasteiger partial charge in [0.25, 0.3) is 0 Å². The Morgan fingerprint density at radius 3 is 2.75 bits per heavy atom. The van der Waals surface area contributed by atoms with Crippen molar-refractivity contribution in [1.29, 1.82) is 0 Å². The standard InChI is InChI=1S/C17H26N2O/c1-2-5-17(6-3-1)19-10-4-9-18(12-13-19)11-7-16-8-14-20-15-16/h1-3,5-6,16H,4,7-15H2/t16-/m1/s1. The van der Waals surface area contributed by atoms with Crippen LogP contribution >= 0.6 is 0 Å². The average molecular weight is 274 g/mol. The van der Waals surface area contributed by atoms with Crippen molar-refractivity contribution in [1.82, 2.24) is 4.90 Å². The third-order valence-electron chi connectivity index (χ3n) is 4.59. The normalized spacial score (nSPS) is 24.8. The Hall–Kier alpha value is -1.06. The van der Waals surface area contributed by atoms with Gasteiger partial charge in [-0.15, -0.1) is 0 Å². The van der Waals surface area contributed by atoms with Crippen molar-refractivity contribution in [2.45, 2.75) is 19.3 Å². The number of anilines is 1. The zero-order chi connectivity index (χ0) is 13.6. The fourth-order valence-electron chi connectivity index (χ4n) is 3.27. The van der Waals surface area contributed by atoms with Gasteiger partial charge in [0.1, 0.15) is 0 Å². The summed E-state index contributed by atoms with van der Waals surface area (Å²) in [5, 5.41) is 0. The molecule has 0 aliphatic carbocycles. The van der Waals surface area contributed by atoms with Gasteiger partial charge in [0, 0.05) is 38.5 Å². The molecule has 0 unspecified atom stereocenters. The Balaban J connectivity index is 1.46. The second-order valence-corrected chi connectivity index (χ2v) is 6.04. The van der Waals surface area contributed by atoms with Crippen LogP contribution in [0.4, 0.5) is 5.69 Å². The lowest BCUT2D eigenvalue weighted by molar-refractivity contribution is 0.178. The fraction of sp³-hybridized carbons (Fsp3) is 0.647. The minimum Gasteiger partial charge on any atom is -0.381 e. The van der Waals surface area contributed by atoms with E-state index in [1.54, 1.807) is 0 Å². The van der Waals surface area contributed by atoms with Crippen molar-refractivity contribution in [3.63, 3.8) is 0 Å². The predicted molar refractivity (Wildman–Crippen MR) is 83.3 cm³/mol. The van der Waals surface area contributed by atoms with Gasteiger partial charge in [0.05, 0.1) is 0 Å². The molecule has 0 amide bonds. The van der Waals surface area contributed by atoms with Crippen LogP contribution in [0.25, 0.3) is 0 Å². The quantitative estimate of drug-likeness (QED) is 0.839. The average Bonchev–Trinajstić information content (AvgIpc) is 2.90. The van der Waals surface area contributed by atoms with E-state index >= 15 is 0 Å². The number of nitrogens with zero attached hydrogens (tertiary/aromatic N) is 2. The largest absolute Gasteiger partial charge is 0.381 e. The Kier molecular flexibility index (Phi) is 4.93. The van der Waals surface area contributed by atoms with E-state index in [9.17, 15) is 0 Å². The molecule has 2 fully saturated rings. The molecule has 110 valence electrons. The third kappa shape index (κ3) is 3.74. The van der Waals surface area contributed by atoms with Gasteiger partial charge < -0.3 is 14.5 Å². The molecular formula is C17H26N2O. The summed E-state index contributed by atoms with van der Waals surface area (Å²) in [6.07, 6.45) is 3.85. The number of hydrogen-bond acceptors (Lipinski definition) is 3. The summed E-state index contributed by atoms with van der Waals surface area (Å²) < 4.78 is 5.47. The van der Waals surface area contributed by atoms with Gasteiger partial charge in [-0.3, -0.25) is 0 Å². The summed E-state index contributed by atoms with van der Waals surface area (Å²) >= 11 is 0. The van der Waals surface area contributed by atoms with Gasteiger partial charge >= 0.3 is 0 Å². The van der Waals surface area contributed by atoms with E-state index in [1.807, 2.05) is 0 Å². The van der Waals surface area contributed by atoms with E-state index in [0.29, 0.717) is 0 Å². The maximum absolute atomic E-state index is 5.47. The van der Waals surface area contributed by atoms with Crippen molar-refractivity contribution in [3.8, 4) is 0 Å². The summed E-state index contributed by atoms with van der Waals surface area (Å²) in [7, 11) is 0. The summed E-state index contributed by atoms with van der Waals surface area (Å²) in [6.45, 7) is 8.00. The van der Waals surface area contributed by atoms with E-state index in [-0.39, 0.29) is 0 Å². The highest BCUT2D eigenvalue weighted by molar-refractivity contribution is 5.46.